The van der Waals surface area contributed by atoms with E-state index in [1.54, 1.807) is 48.5 Å². The van der Waals surface area contributed by atoms with Crippen molar-refractivity contribution < 1.29 is 46.2 Å². The number of sulfonamides is 1. The number of aliphatic hydroxyl groups excluding tert-OH is 2. The minimum absolute atomic E-state index is 0.0351. The molecule has 0 saturated heterocycles. The molecule has 6 aromatic carbocycles. The zero-order valence-corrected chi connectivity index (χ0v) is 48.0. The third kappa shape index (κ3) is 15.7. The van der Waals surface area contributed by atoms with Crippen LogP contribution in [0, 0.1) is 23.7 Å². The Kier molecular flexibility index (Phi) is 21.7. The Morgan fingerprint density at radius 3 is 1.19 bits per heavy atom. The normalized spacial score (nSPS) is 14.9. The number of sulfone groups is 1. The molecular weight excluding hydrogens is 1050 g/mol. The van der Waals surface area contributed by atoms with E-state index in [2.05, 4.69) is 61.9 Å². The van der Waals surface area contributed by atoms with E-state index in [-0.39, 0.29) is 40.8 Å². The number of hydrogen-bond acceptors (Lipinski definition) is 11. The minimum atomic E-state index is -3.95. The number of rotatable bonds is 21. The fourth-order valence-electron chi connectivity index (χ4n) is 8.92. The van der Waals surface area contributed by atoms with Crippen LogP contribution in [0.2, 0.25) is 0 Å². The smallest absolute Gasteiger partial charge is 0.266 e. The van der Waals surface area contributed by atoms with Crippen molar-refractivity contribution in [2.75, 3.05) is 54.6 Å². The van der Waals surface area contributed by atoms with Crippen molar-refractivity contribution in [3.05, 3.63) is 191 Å². The summed E-state index contributed by atoms with van der Waals surface area (Å²) in [6.07, 6.45) is 3.09. The maximum absolute atomic E-state index is 13.7. The second-order valence-corrected chi connectivity index (χ2v) is 24.9. The SMILES string of the molecule is CC(C)CN(C[C@@H](O)C(CP)Cc1ccccc1)S(=O)(=O)c1ccc(N2C(=O)c3ccccc3C2=O)cc1.CC(C)CNC[C@@H](O)C(CP)Cc1ccccc1.CS(=O)(=O)c1ccc(N2C(=O)c3ccccc3C2=O)cc1. The number of fused-ring (bicyclic) bond motifs is 2. The Hall–Kier alpha value is -5.80. The van der Waals surface area contributed by atoms with E-state index < -0.39 is 49.6 Å². The lowest BCUT2D eigenvalue weighted by Gasteiger charge is -2.30. The second kappa shape index (κ2) is 27.7. The second-order valence-electron chi connectivity index (χ2n) is 20.0. The molecule has 6 atom stereocenters. The molecule has 0 saturated carbocycles. The Labute approximate surface area is 458 Å². The monoisotopic (exact) mass is 1120 g/mol. The molecule has 0 aromatic heterocycles. The molecule has 3 N–H and O–H groups in total. The summed E-state index contributed by atoms with van der Waals surface area (Å²) in [5.41, 5.74) is 4.40. The van der Waals surface area contributed by atoms with E-state index in [0.29, 0.717) is 64.6 Å². The predicted octanol–water partition coefficient (Wildman–Crippen LogP) is 8.45. The summed E-state index contributed by atoms with van der Waals surface area (Å²) in [5, 5.41) is 24.6. The first-order chi connectivity index (χ1) is 36.7. The van der Waals surface area contributed by atoms with Crippen molar-refractivity contribution in [2.24, 2.45) is 23.7 Å². The Morgan fingerprint density at radius 2 is 0.844 bits per heavy atom. The van der Waals surface area contributed by atoms with Crippen molar-refractivity contribution in [2.45, 2.75) is 62.5 Å². The molecule has 8 rings (SSSR count). The largest absolute Gasteiger partial charge is 0.391 e. The number of aliphatic hydroxyl groups is 2. The number of carbonyl (C=O) groups excluding carboxylic acids is 4. The van der Waals surface area contributed by atoms with E-state index in [9.17, 15) is 46.2 Å². The first kappa shape index (κ1) is 60.4. The lowest BCUT2D eigenvalue weighted by atomic mass is 9.95. The van der Waals surface area contributed by atoms with Gasteiger partial charge in [0.25, 0.3) is 23.6 Å². The lowest BCUT2D eigenvalue weighted by Crippen LogP contribution is -2.43. The van der Waals surface area contributed by atoms with Gasteiger partial charge in [-0.15, -0.1) is 18.5 Å². The quantitative estimate of drug-likeness (QED) is 0.0462. The van der Waals surface area contributed by atoms with E-state index in [1.807, 2.05) is 50.2 Å². The predicted molar refractivity (Wildman–Crippen MR) is 311 cm³/mol. The van der Waals surface area contributed by atoms with Crippen LogP contribution in [0.3, 0.4) is 0 Å². The third-order valence-corrected chi connectivity index (χ3v) is 17.3. The molecule has 0 bridgehead atoms. The van der Waals surface area contributed by atoms with Gasteiger partial charge in [0.1, 0.15) is 0 Å². The molecule has 77 heavy (non-hydrogen) atoms. The zero-order valence-electron chi connectivity index (χ0n) is 44.1. The van der Waals surface area contributed by atoms with E-state index in [0.717, 1.165) is 40.7 Å². The first-order valence-corrected chi connectivity index (χ1v) is 30.5. The van der Waals surface area contributed by atoms with Crippen LogP contribution in [0.1, 0.15) is 80.3 Å². The zero-order chi connectivity index (χ0) is 56.0. The summed E-state index contributed by atoms with van der Waals surface area (Å²) in [4.78, 5) is 52.5. The van der Waals surface area contributed by atoms with Crippen LogP contribution in [-0.2, 0) is 32.7 Å². The molecule has 18 heteroatoms. The van der Waals surface area contributed by atoms with Crippen LogP contribution < -0.4 is 15.1 Å². The average molecular weight is 1120 g/mol. The van der Waals surface area contributed by atoms with Gasteiger partial charge in [0, 0.05) is 25.9 Å². The fourth-order valence-corrected chi connectivity index (χ4v) is 12.1. The van der Waals surface area contributed by atoms with Gasteiger partial charge in [-0.3, -0.25) is 19.2 Å². The molecule has 408 valence electrons. The van der Waals surface area contributed by atoms with Crippen LogP contribution in [0.4, 0.5) is 11.4 Å². The molecule has 4 unspecified atom stereocenters. The Morgan fingerprint density at radius 1 is 0.481 bits per heavy atom. The van der Waals surface area contributed by atoms with Crippen molar-refractivity contribution >= 4 is 73.3 Å². The van der Waals surface area contributed by atoms with Crippen molar-refractivity contribution in [1.29, 1.82) is 0 Å². The fraction of sp³-hybridized carbons (Fsp3) is 0.322. The molecule has 2 aliphatic heterocycles. The van der Waals surface area contributed by atoms with E-state index in [1.165, 1.54) is 58.4 Å². The topological polar surface area (TPSA) is 199 Å². The third-order valence-electron chi connectivity index (χ3n) is 13.1. The van der Waals surface area contributed by atoms with Crippen LogP contribution >= 0.6 is 18.5 Å². The Bertz CT molecular complexity index is 3110. The van der Waals surface area contributed by atoms with Gasteiger partial charge in [-0.2, -0.15) is 4.31 Å². The molecule has 0 aliphatic carbocycles. The number of carbonyl (C=O) groups is 4. The highest BCUT2D eigenvalue weighted by Crippen LogP contribution is 2.32. The molecular formula is C59H70N4O10P2S2. The summed E-state index contributed by atoms with van der Waals surface area (Å²) >= 11 is 0. The number of anilines is 2. The molecule has 0 spiro atoms. The van der Waals surface area contributed by atoms with Crippen molar-refractivity contribution in [3.8, 4) is 0 Å². The molecule has 2 aliphatic rings. The average Bonchev–Trinajstić information content (AvgIpc) is 3.84. The summed E-state index contributed by atoms with van der Waals surface area (Å²) in [6.45, 7) is 10.1. The molecule has 14 nitrogen and oxygen atoms in total. The van der Waals surface area contributed by atoms with Crippen LogP contribution in [-0.4, -0.2) is 112 Å². The highest BCUT2D eigenvalue weighted by Gasteiger charge is 2.38. The van der Waals surface area contributed by atoms with Crippen LogP contribution in [0.5, 0.6) is 0 Å². The molecule has 4 amide bonds. The number of nitrogens with zero attached hydrogens (tertiary/aromatic N) is 3. The highest BCUT2D eigenvalue weighted by atomic mass is 32.2. The maximum Gasteiger partial charge on any atom is 0.266 e. The summed E-state index contributed by atoms with van der Waals surface area (Å²) in [6, 6.07) is 44.8. The summed E-state index contributed by atoms with van der Waals surface area (Å²) in [7, 11) is -1.85. The molecule has 2 heterocycles. The van der Waals surface area contributed by atoms with Gasteiger partial charge in [0.2, 0.25) is 10.0 Å². The number of hydrogen-bond donors (Lipinski definition) is 3. The Balaban J connectivity index is 0.000000207. The summed E-state index contributed by atoms with van der Waals surface area (Å²) < 4.78 is 51.5. The molecule has 0 fully saturated rings. The minimum Gasteiger partial charge on any atom is -0.391 e. The number of imide groups is 2. The van der Waals surface area contributed by atoms with Gasteiger partial charge in [0.05, 0.1) is 55.6 Å². The van der Waals surface area contributed by atoms with Gasteiger partial charge < -0.3 is 15.5 Å². The number of benzene rings is 6. The van der Waals surface area contributed by atoms with Gasteiger partial charge in [-0.05, 0) is 139 Å². The van der Waals surface area contributed by atoms with E-state index in [4.69, 9.17) is 0 Å². The summed E-state index contributed by atoms with van der Waals surface area (Å²) in [5.74, 6) is -0.842. The molecule has 6 aromatic rings. The highest BCUT2D eigenvalue weighted by molar-refractivity contribution is 7.90. The lowest BCUT2D eigenvalue weighted by molar-refractivity contribution is 0.0910. The maximum atomic E-state index is 13.7. The number of nitrogens with one attached hydrogen (secondary N) is 1. The van der Waals surface area contributed by atoms with E-state index >= 15 is 0 Å². The van der Waals surface area contributed by atoms with Gasteiger partial charge in [0.15, 0.2) is 9.84 Å². The first-order valence-electron chi connectivity index (χ1n) is 25.6. The van der Waals surface area contributed by atoms with Gasteiger partial charge >= 0.3 is 0 Å². The van der Waals surface area contributed by atoms with Gasteiger partial charge in [-0.25, -0.2) is 26.6 Å². The number of amides is 4. The standard InChI is InChI=1S/C29H33N2O5PS.C15H11NO4S.C15H26NOP/c1-20(2)17-30(18-27(32)22(19-37)16-21-8-4-3-5-9-21)38(35,36)24-14-12-23(13-15-24)31-28(33)25-10-6-7-11-26(25)29(31)34;1-21(19,20)11-8-6-10(7-9-11)16-14(17)12-4-2-3-5-13(12)15(16)18;1-12(2)9-16-10-15(17)14(11-18)8-13-6-4-3-5-7-13/h3-15,20,22,27,32H,16-19,37H2,1-2H3;2-9H,1H3;3-7,12,14-17H,8-11,18H2,1-2H3/t22?,27-;;14?,15-/m1.1/s1. The molecule has 0 radical (unpaired) electrons. The van der Waals surface area contributed by atoms with Gasteiger partial charge in [-0.1, -0.05) is 113 Å². The van der Waals surface area contributed by atoms with Crippen LogP contribution in [0.25, 0.3) is 0 Å². The van der Waals surface area contributed by atoms with Crippen molar-refractivity contribution in [3.63, 3.8) is 0 Å². The van der Waals surface area contributed by atoms with Crippen LogP contribution in [0.15, 0.2) is 168 Å². The van der Waals surface area contributed by atoms with Crippen molar-refractivity contribution in [1.82, 2.24) is 9.62 Å².